The van der Waals surface area contributed by atoms with Gasteiger partial charge in [0.05, 0.1) is 0 Å². The molecule has 1 atom stereocenters. The maximum Gasteiger partial charge on any atom is 0.317 e. The average molecular weight is 345 g/mol. The Balaban J connectivity index is 1.52. The molecule has 5 nitrogen and oxygen atoms in total. The average Bonchev–Trinajstić information content (AvgIpc) is 2.88. The topological polar surface area (TPSA) is 48.5 Å². The van der Waals surface area contributed by atoms with Crippen LogP contribution in [0.2, 0.25) is 0 Å². The summed E-state index contributed by atoms with van der Waals surface area (Å²) < 4.78 is 0. The van der Waals surface area contributed by atoms with E-state index in [0.29, 0.717) is 5.92 Å². The SMILES string of the molecule is Cc1cc(N2CCCN(C(=O)NC(C)C3CCCCC3)CC2)ccn1. The van der Waals surface area contributed by atoms with E-state index in [-0.39, 0.29) is 12.1 Å². The summed E-state index contributed by atoms with van der Waals surface area (Å²) in [5.74, 6) is 0.654. The molecule has 2 heterocycles. The third-order valence-electron chi connectivity index (χ3n) is 5.74. The number of nitrogens with one attached hydrogen (secondary N) is 1. The van der Waals surface area contributed by atoms with Crippen LogP contribution < -0.4 is 10.2 Å². The van der Waals surface area contributed by atoms with Crippen molar-refractivity contribution in [2.45, 2.75) is 58.4 Å². The molecule has 0 spiro atoms. The van der Waals surface area contributed by atoms with Crippen LogP contribution in [0.4, 0.5) is 10.5 Å². The van der Waals surface area contributed by atoms with Crippen molar-refractivity contribution in [3.05, 3.63) is 24.0 Å². The highest BCUT2D eigenvalue weighted by atomic mass is 16.2. The maximum atomic E-state index is 12.7. The van der Waals surface area contributed by atoms with Gasteiger partial charge < -0.3 is 15.1 Å². The number of nitrogens with zero attached hydrogens (tertiary/aromatic N) is 3. The lowest BCUT2D eigenvalue weighted by Crippen LogP contribution is -2.47. The third-order valence-corrected chi connectivity index (χ3v) is 5.74. The summed E-state index contributed by atoms with van der Waals surface area (Å²) in [5.41, 5.74) is 2.25. The first-order valence-corrected chi connectivity index (χ1v) is 9.86. The number of aromatic nitrogens is 1. The smallest absolute Gasteiger partial charge is 0.317 e. The zero-order valence-corrected chi connectivity index (χ0v) is 15.7. The highest BCUT2D eigenvalue weighted by Gasteiger charge is 2.25. The number of hydrogen-bond donors (Lipinski definition) is 1. The van der Waals surface area contributed by atoms with Gasteiger partial charge in [-0.3, -0.25) is 4.98 Å². The van der Waals surface area contributed by atoms with Gasteiger partial charge in [0.15, 0.2) is 0 Å². The zero-order valence-electron chi connectivity index (χ0n) is 15.7. The van der Waals surface area contributed by atoms with E-state index in [9.17, 15) is 4.79 Å². The van der Waals surface area contributed by atoms with Crippen molar-refractivity contribution in [3.63, 3.8) is 0 Å². The van der Waals surface area contributed by atoms with Gasteiger partial charge in [-0.2, -0.15) is 0 Å². The highest BCUT2D eigenvalue weighted by molar-refractivity contribution is 5.74. The van der Waals surface area contributed by atoms with Crippen LogP contribution >= 0.6 is 0 Å². The van der Waals surface area contributed by atoms with E-state index < -0.39 is 0 Å². The fraction of sp³-hybridized carbons (Fsp3) is 0.700. The Kier molecular flexibility index (Phi) is 6.16. The van der Waals surface area contributed by atoms with Crippen molar-refractivity contribution in [2.24, 2.45) is 5.92 Å². The summed E-state index contributed by atoms with van der Waals surface area (Å²) in [6.45, 7) is 7.69. The number of anilines is 1. The van der Waals surface area contributed by atoms with E-state index in [4.69, 9.17) is 0 Å². The molecule has 3 rings (SSSR count). The number of aryl methyl sites for hydroxylation is 1. The van der Waals surface area contributed by atoms with Crippen LogP contribution in [0.5, 0.6) is 0 Å². The van der Waals surface area contributed by atoms with Gasteiger partial charge in [-0.05, 0) is 51.2 Å². The van der Waals surface area contributed by atoms with Crippen LogP contribution in [0.3, 0.4) is 0 Å². The van der Waals surface area contributed by atoms with E-state index in [1.165, 1.54) is 37.8 Å². The van der Waals surface area contributed by atoms with Crippen molar-refractivity contribution in [3.8, 4) is 0 Å². The monoisotopic (exact) mass is 344 g/mol. The quantitative estimate of drug-likeness (QED) is 0.912. The number of amides is 2. The Labute approximate surface area is 151 Å². The Hall–Kier alpha value is -1.78. The molecular weight excluding hydrogens is 312 g/mol. The molecule has 5 heteroatoms. The lowest BCUT2D eigenvalue weighted by molar-refractivity contribution is 0.188. The standard InChI is InChI=1S/C20H32N4O/c1-16-15-19(9-10-21-16)23-11-6-12-24(14-13-23)20(25)22-17(2)18-7-4-3-5-8-18/h9-10,15,17-18H,3-8,11-14H2,1-2H3,(H,22,25). The summed E-state index contributed by atoms with van der Waals surface area (Å²) >= 11 is 0. The summed E-state index contributed by atoms with van der Waals surface area (Å²) in [5, 5.41) is 3.27. The van der Waals surface area contributed by atoms with Crippen LogP contribution in [0.1, 0.15) is 51.1 Å². The second-order valence-electron chi connectivity index (χ2n) is 7.62. The minimum absolute atomic E-state index is 0.117. The Bertz CT molecular complexity index is 571. The summed E-state index contributed by atoms with van der Waals surface area (Å²) in [7, 11) is 0. The van der Waals surface area contributed by atoms with E-state index in [0.717, 1.165) is 38.3 Å². The molecule has 2 amide bonds. The van der Waals surface area contributed by atoms with E-state index in [1.54, 1.807) is 0 Å². The molecule has 1 aromatic rings. The first-order chi connectivity index (χ1) is 12.1. The van der Waals surface area contributed by atoms with Crippen LogP contribution in [-0.2, 0) is 0 Å². The summed E-state index contributed by atoms with van der Waals surface area (Å²) in [4.78, 5) is 21.3. The third kappa shape index (κ3) is 4.86. The van der Waals surface area contributed by atoms with E-state index in [1.807, 2.05) is 18.0 Å². The normalized spacial score (nSPS) is 20.9. The van der Waals surface area contributed by atoms with Crippen molar-refractivity contribution in [1.29, 1.82) is 0 Å². The molecule has 25 heavy (non-hydrogen) atoms. The minimum atomic E-state index is 0.117. The van der Waals surface area contributed by atoms with Gasteiger partial charge in [0, 0.05) is 49.8 Å². The highest BCUT2D eigenvalue weighted by Crippen LogP contribution is 2.26. The molecule has 1 saturated carbocycles. The van der Waals surface area contributed by atoms with Gasteiger partial charge in [-0.25, -0.2) is 4.79 Å². The summed E-state index contributed by atoms with van der Waals surface area (Å²) in [6.07, 6.45) is 9.38. The summed E-state index contributed by atoms with van der Waals surface area (Å²) in [6, 6.07) is 4.59. The molecule has 2 fully saturated rings. The molecule has 0 bridgehead atoms. The minimum Gasteiger partial charge on any atom is -0.370 e. The lowest BCUT2D eigenvalue weighted by atomic mass is 9.84. The Morgan fingerprint density at radius 1 is 1.16 bits per heavy atom. The predicted molar refractivity (Wildman–Crippen MR) is 102 cm³/mol. The molecule has 0 radical (unpaired) electrons. The molecule has 1 saturated heterocycles. The second kappa shape index (κ2) is 8.54. The number of urea groups is 1. The fourth-order valence-electron chi connectivity index (χ4n) is 4.14. The number of hydrogen-bond acceptors (Lipinski definition) is 3. The molecule has 1 aromatic heterocycles. The largest absolute Gasteiger partial charge is 0.370 e. The maximum absolute atomic E-state index is 12.7. The van der Waals surface area contributed by atoms with Crippen molar-refractivity contribution < 1.29 is 4.79 Å². The fourth-order valence-corrected chi connectivity index (χ4v) is 4.14. The van der Waals surface area contributed by atoms with Crippen molar-refractivity contribution in [2.75, 3.05) is 31.1 Å². The van der Waals surface area contributed by atoms with Crippen LogP contribution in [0.15, 0.2) is 18.3 Å². The van der Waals surface area contributed by atoms with Crippen LogP contribution in [-0.4, -0.2) is 48.1 Å². The lowest BCUT2D eigenvalue weighted by Gasteiger charge is -2.30. The number of carbonyl (C=O) groups is 1. The predicted octanol–water partition coefficient (Wildman–Crippen LogP) is 3.58. The Morgan fingerprint density at radius 3 is 2.72 bits per heavy atom. The molecule has 0 aromatic carbocycles. The van der Waals surface area contributed by atoms with Gasteiger partial charge >= 0.3 is 6.03 Å². The van der Waals surface area contributed by atoms with Crippen molar-refractivity contribution >= 4 is 11.7 Å². The first-order valence-electron chi connectivity index (χ1n) is 9.86. The first kappa shape index (κ1) is 18.0. The number of pyridine rings is 1. The zero-order chi connectivity index (χ0) is 17.6. The van der Waals surface area contributed by atoms with Crippen LogP contribution in [0, 0.1) is 12.8 Å². The molecule has 1 aliphatic carbocycles. The van der Waals surface area contributed by atoms with Gasteiger partial charge in [-0.15, -0.1) is 0 Å². The number of carbonyl (C=O) groups excluding carboxylic acids is 1. The van der Waals surface area contributed by atoms with E-state index in [2.05, 4.69) is 34.3 Å². The second-order valence-corrected chi connectivity index (χ2v) is 7.62. The van der Waals surface area contributed by atoms with Gasteiger partial charge in [0.25, 0.3) is 0 Å². The van der Waals surface area contributed by atoms with Crippen molar-refractivity contribution in [1.82, 2.24) is 15.2 Å². The molecular formula is C20H32N4O. The molecule has 1 unspecified atom stereocenters. The molecule has 1 aliphatic heterocycles. The van der Waals surface area contributed by atoms with Crippen LogP contribution in [0.25, 0.3) is 0 Å². The number of rotatable bonds is 3. The molecule has 1 N–H and O–H groups in total. The van der Waals surface area contributed by atoms with Gasteiger partial charge in [0.2, 0.25) is 0 Å². The van der Waals surface area contributed by atoms with Gasteiger partial charge in [-0.1, -0.05) is 19.3 Å². The van der Waals surface area contributed by atoms with Gasteiger partial charge in [0.1, 0.15) is 0 Å². The molecule has 2 aliphatic rings. The molecule has 138 valence electrons. The Morgan fingerprint density at radius 2 is 1.96 bits per heavy atom. The van der Waals surface area contributed by atoms with E-state index >= 15 is 0 Å².